The summed E-state index contributed by atoms with van der Waals surface area (Å²) in [6.45, 7) is 3.32. The number of amides is 1. The first-order valence-corrected chi connectivity index (χ1v) is 11.1. The number of carbonyl (C=O) groups is 2. The predicted octanol–water partition coefficient (Wildman–Crippen LogP) is 1.91. The van der Waals surface area contributed by atoms with Crippen molar-refractivity contribution in [3.63, 3.8) is 0 Å². The molecule has 0 radical (unpaired) electrons. The Bertz CT molecular complexity index is 1030. The predicted molar refractivity (Wildman–Crippen MR) is 106 cm³/mol. The molecule has 0 spiro atoms. The van der Waals surface area contributed by atoms with Crippen molar-refractivity contribution < 1.29 is 22.7 Å². The molecule has 2 aromatic rings. The number of ether oxygens (including phenoxy) is 1. The number of sulfone groups is 1. The van der Waals surface area contributed by atoms with E-state index in [9.17, 15) is 18.0 Å². The van der Waals surface area contributed by atoms with E-state index in [4.69, 9.17) is 4.74 Å². The molecule has 1 aromatic heterocycles. The van der Waals surface area contributed by atoms with Crippen LogP contribution in [0.5, 0.6) is 0 Å². The zero-order valence-electron chi connectivity index (χ0n) is 16.3. The van der Waals surface area contributed by atoms with Crippen molar-refractivity contribution in [1.29, 1.82) is 0 Å². The molecular formula is C20H24N2O5S. The molecule has 0 aliphatic carbocycles. The molecule has 1 aromatic carbocycles. The van der Waals surface area contributed by atoms with Crippen molar-refractivity contribution in [2.75, 3.05) is 25.2 Å². The summed E-state index contributed by atoms with van der Waals surface area (Å²) in [4.78, 5) is 31.0. The molecule has 1 aliphatic rings. The van der Waals surface area contributed by atoms with Gasteiger partial charge in [-0.05, 0) is 31.4 Å². The molecule has 28 heavy (non-hydrogen) atoms. The normalized spacial score (nSPS) is 18.2. The lowest BCUT2D eigenvalue weighted by Gasteiger charge is -2.23. The van der Waals surface area contributed by atoms with E-state index in [1.807, 2.05) is 38.1 Å². The number of para-hydroxylation sites is 1. The van der Waals surface area contributed by atoms with Crippen LogP contribution in [0.15, 0.2) is 24.3 Å². The van der Waals surface area contributed by atoms with Crippen LogP contribution >= 0.6 is 0 Å². The topological polar surface area (TPSA) is 93.6 Å². The number of nitrogens with zero attached hydrogens (tertiary/aromatic N) is 2. The second-order valence-electron chi connectivity index (χ2n) is 7.07. The second-order valence-corrected chi connectivity index (χ2v) is 9.30. The highest BCUT2D eigenvalue weighted by molar-refractivity contribution is 7.91. The van der Waals surface area contributed by atoms with Gasteiger partial charge in [0, 0.05) is 18.5 Å². The van der Waals surface area contributed by atoms with Gasteiger partial charge in [0.1, 0.15) is 0 Å². The lowest BCUT2D eigenvalue weighted by Crippen LogP contribution is -2.40. The fourth-order valence-corrected chi connectivity index (χ4v) is 5.33. The van der Waals surface area contributed by atoms with E-state index in [0.29, 0.717) is 24.1 Å². The van der Waals surface area contributed by atoms with Crippen molar-refractivity contribution >= 4 is 32.6 Å². The number of likely N-dealkylation sites (N-methyl/N-ethyl adjacent to an activating group) is 1. The highest BCUT2D eigenvalue weighted by Gasteiger charge is 2.33. The second kappa shape index (κ2) is 7.87. The maximum absolute atomic E-state index is 12.7. The molecular weight excluding hydrogens is 380 g/mol. The monoisotopic (exact) mass is 404 g/mol. The van der Waals surface area contributed by atoms with E-state index in [-0.39, 0.29) is 17.5 Å². The van der Waals surface area contributed by atoms with Crippen LogP contribution in [0.4, 0.5) is 0 Å². The third kappa shape index (κ3) is 4.01. The number of esters is 1. The van der Waals surface area contributed by atoms with Crippen LogP contribution in [-0.2, 0) is 25.8 Å². The molecule has 0 unspecified atom stereocenters. The molecule has 1 aliphatic heterocycles. The Hall–Kier alpha value is -2.48. The van der Waals surface area contributed by atoms with Crippen LogP contribution in [-0.4, -0.2) is 61.4 Å². The quantitative estimate of drug-likeness (QED) is 0.707. The van der Waals surface area contributed by atoms with Gasteiger partial charge in [0.2, 0.25) is 0 Å². The van der Waals surface area contributed by atoms with Gasteiger partial charge in [-0.25, -0.2) is 13.2 Å². The Kier molecular flexibility index (Phi) is 5.69. The van der Waals surface area contributed by atoms with Gasteiger partial charge in [-0.15, -0.1) is 0 Å². The van der Waals surface area contributed by atoms with Crippen molar-refractivity contribution in [3.8, 4) is 0 Å². The summed E-state index contributed by atoms with van der Waals surface area (Å²) in [5.41, 5.74) is 2.60. The Morgan fingerprint density at radius 1 is 1.29 bits per heavy atom. The number of rotatable bonds is 5. The van der Waals surface area contributed by atoms with Gasteiger partial charge in [-0.3, -0.25) is 9.78 Å². The molecule has 1 saturated heterocycles. The maximum Gasteiger partial charge on any atom is 0.340 e. The average Bonchev–Trinajstić information content (AvgIpc) is 3.04. The number of fused-ring (bicyclic) bond motifs is 1. The van der Waals surface area contributed by atoms with Crippen molar-refractivity contribution in [3.05, 3.63) is 41.1 Å². The molecule has 3 rings (SSSR count). The Labute approximate surface area is 164 Å². The Morgan fingerprint density at radius 3 is 2.64 bits per heavy atom. The number of aryl methyl sites for hydroxylation is 2. The summed E-state index contributed by atoms with van der Waals surface area (Å²) in [6, 6.07) is 7.19. The fraction of sp³-hybridized carbons (Fsp3) is 0.450. The first-order valence-electron chi connectivity index (χ1n) is 9.25. The van der Waals surface area contributed by atoms with Gasteiger partial charge in [0.25, 0.3) is 5.91 Å². The highest BCUT2D eigenvalue weighted by atomic mass is 32.2. The van der Waals surface area contributed by atoms with E-state index in [2.05, 4.69) is 4.98 Å². The van der Waals surface area contributed by atoms with Crippen molar-refractivity contribution in [2.24, 2.45) is 0 Å². The van der Waals surface area contributed by atoms with Crippen LogP contribution < -0.4 is 0 Å². The first-order chi connectivity index (χ1) is 13.2. The molecule has 7 nitrogen and oxygen atoms in total. The molecule has 0 N–H and O–H groups in total. The lowest BCUT2D eigenvalue weighted by molar-refractivity contribution is -0.134. The van der Waals surface area contributed by atoms with Crippen LogP contribution in [0.1, 0.15) is 35.0 Å². The van der Waals surface area contributed by atoms with E-state index < -0.39 is 28.3 Å². The number of pyridine rings is 1. The smallest absolute Gasteiger partial charge is 0.340 e. The summed E-state index contributed by atoms with van der Waals surface area (Å²) in [5.74, 6) is -0.971. The van der Waals surface area contributed by atoms with Gasteiger partial charge in [0.05, 0.1) is 28.3 Å². The largest absolute Gasteiger partial charge is 0.452 e. The van der Waals surface area contributed by atoms with E-state index >= 15 is 0 Å². The molecule has 2 heterocycles. The first kappa shape index (κ1) is 20.3. The SMILES string of the molecule is CCc1nc2ccccc2c(C)c1C(=O)OCC(=O)N(C)[C@@H]1CCS(=O)(=O)C1. The van der Waals surface area contributed by atoms with Gasteiger partial charge < -0.3 is 9.64 Å². The van der Waals surface area contributed by atoms with Gasteiger partial charge in [-0.1, -0.05) is 25.1 Å². The van der Waals surface area contributed by atoms with Crippen LogP contribution in [0.25, 0.3) is 10.9 Å². The summed E-state index contributed by atoms with van der Waals surface area (Å²) < 4.78 is 28.5. The summed E-state index contributed by atoms with van der Waals surface area (Å²) in [6.07, 6.45) is 0.968. The summed E-state index contributed by atoms with van der Waals surface area (Å²) >= 11 is 0. The number of carbonyl (C=O) groups excluding carboxylic acids is 2. The van der Waals surface area contributed by atoms with Crippen molar-refractivity contribution in [2.45, 2.75) is 32.7 Å². The third-order valence-corrected chi connectivity index (χ3v) is 6.99. The summed E-state index contributed by atoms with van der Waals surface area (Å²) in [7, 11) is -1.55. The van der Waals surface area contributed by atoms with E-state index in [1.54, 1.807) is 7.05 Å². The molecule has 0 saturated carbocycles. The number of hydrogen-bond donors (Lipinski definition) is 0. The van der Waals surface area contributed by atoms with Crippen LogP contribution in [0.3, 0.4) is 0 Å². The van der Waals surface area contributed by atoms with Gasteiger partial charge >= 0.3 is 5.97 Å². The minimum absolute atomic E-state index is 0.0448. The molecule has 0 bridgehead atoms. The van der Waals surface area contributed by atoms with Crippen molar-refractivity contribution in [1.82, 2.24) is 9.88 Å². The zero-order valence-corrected chi connectivity index (χ0v) is 17.1. The third-order valence-electron chi connectivity index (χ3n) is 5.24. The molecule has 1 amide bonds. The molecule has 8 heteroatoms. The highest BCUT2D eigenvalue weighted by Crippen LogP contribution is 2.24. The van der Waals surface area contributed by atoms with E-state index in [0.717, 1.165) is 16.5 Å². The molecule has 1 fully saturated rings. The fourth-order valence-electron chi connectivity index (χ4n) is 3.55. The minimum atomic E-state index is -3.09. The summed E-state index contributed by atoms with van der Waals surface area (Å²) in [5, 5.41) is 0.867. The van der Waals surface area contributed by atoms with Gasteiger partial charge in [0.15, 0.2) is 16.4 Å². The maximum atomic E-state index is 12.7. The standard InChI is InChI=1S/C20H24N2O5S/c1-4-16-19(13(2)15-7-5-6-8-17(15)21-16)20(24)27-11-18(23)22(3)14-9-10-28(25,26)12-14/h5-8,14H,4,9-12H2,1-3H3/t14-/m1/s1. The lowest BCUT2D eigenvalue weighted by atomic mass is 10.0. The Balaban J connectivity index is 1.74. The molecule has 150 valence electrons. The molecule has 1 atom stereocenters. The minimum Gasteiger partial charge on any atom is -0.452 e. The van der Waals surface area contributed by atoms with E-state index in [1.165, 1.54) is 4.90 Å². The number of aromatic nitrogens is 1. The number of hydrogen-bond acceptors (Lipinski definition) is 6. The van der Waals surface area contributed by atoms with Crippen LogP contribution in [0.2, 0.25) is 0 Å². The Morgan fingerprint density at radius 2 is 2.00 bits per heavy atom. The average molecular weight is 404 g/mol. The number of benzene rings is 1. The van der Waals surface area contributed by atoms with Gasteiger partial charge in [-0.2, -0.15) is 0 Å². The van der Waals surface area contributed by atoms with Crippen LogP contribution in [0, 0.1) is 6.92 Å². The zero-order chi connectivity index (χ0) is 20.5.